The number of amides is 2. The van der Waals surface area contributed by atoms with Crippen LogP contribution in [0.1, 0.15) is 25.6 Å². The number of fused-ring (bicyclic) bond motifs is 1. The topological polar surface area (TPSA) is 49.4 Å². The molecule has 1 aliphatic rings. The van der Waals surface area contributed by atoms with Crippen molar-refractivity contribution in [2.75, 3.05) is 16.8 Å². The second-order valence-corrected chi connectivity index (χ2v) is 8.37. The summed E-state index contributed by atoms with van der Waals surface area (Å²) in [5, 5.41) is 4.89. The van der Waals surface area contributed by atoms with Crippen molar-refractivity contribution in [2.24, 2.45) is 0 Å². The van der Waals surface area contributed by atoms with E-state index in [2.05, 4.69) is 5.32 Å². The van der Waals surface area contributed by atoms with Crippen molar-refractivity contribution in [3.8, 4) is 11.1 Å². The summed E-state index contributed by atoms with van der Waals surface area (Å²) < 4.78 is 0. The fraction of sp³-hybridized carbons (Fsp3) is 0.0769. The largest absolute Gasteiger partial charge is 0.322 e. The lowest BCUT2D eigenvalue weighted by Crippen LogP contribution is -2.28. The standard InChI is InChI=1S/C26H20N2O2S/c29-25(20-10-8-19(9-11-20)18-5-2-1-3-6-18)27-22-12-13-23-21(17-22)14-15-28(23)26(30)24-7-4-16-31-24/h1-13,16-17H,14-15H2,(H,27,29). The summed E-state index contributed by atoms with van der Waals surface area (Å²) in [5.41, 5.74) is 5.53. The van der Waals surface area contributed by atoms with E-state index < -0.39 is 0 Å². The zero-order chi connectivity index (χ0) is 21.2. The third-order valence-electron chi connectivity index (χ3n) is 5.46. The molecular formula is C26H20N2O2S. The molecule has 1 N–H and O–H groups in total. The molecule has 31 heavy (non-hydrogen) atoms. The Balaban J connectivity index is 1.30. The van der Waals surface area contributed by atoms with E-state index in [0.29, 0.717) is 12.1 Å². The summed E-state index contributed by atoms with van der Waals surface area (Å²) in [6.45, 7) is 0.657. The quantitative estimate of drug-likeness (QED) is 0.445. The first-order valence-corrected chi connectivity index (χ1v) is 11.0. The minimum atomic E-state index is -0.149. The molecule has 0 unspecified atom stereocenters. The Morgan fingerprint density at radius 3 is 2.35 bits per heavy atom. The maximum Gasteiger partial charge on any atom is 0.268 e. The van der Waals surface area contributed by atoms with E-state index in [1.165, 1.54) is 11.3 Å². The van der Waals surface area contributed by atoms with Crippen molar-refractivity contribution in [3.05, 3.63) is 106 Å². The van der Waals surface area contributed by atoms with Gasteiger partial charge in [-0.25, -0.2) is 0 Å². The van der Waals surface area contributed by atoms with Crippen LogP contribution in [0.15, 0.2) is 90.3 Å². The lowest BCUT2D eigenvalue weighted by molar-refractivity contribution is 0.0991. The number of hydrogen-bond donors (Lipinski definition) is 1. The molecule has 0 atom stereocenters. The van der Waals surface area contributed by atoms with Crippen LogP contribution in [0.25, 0.3) is 11.1 Å². The van der Waals surface area contributed by atoms with Crippen molar-refractivity contribution in [2.45, 2.75) is 6.42 Å². The minimum Gasteiger partial charge on any atom is -0.322 e. The molecule has 1 aromatic heterocycles. The van der Waals surface area contributed by atoms with Gasteiger partial charge < -0.3 is 10.2 Å². The van der Waals surface area contributed by atoms with Crippen molar-refractivity contribution >= 4 is 34.5 Å². The molecule has 0 saturated carbocycles. The van der Waals surface area contributed by atoms with Gasteiger partial charge in [-0.05, 0) is 64.9 Å². The lowest BCUT2D eigenvalue weighted by Gasteiger charge is -2.16. The normalized spacial score (nSPS) is 12.5. The number of thiophene rings is 1. The molecule has 5 rings (SSSR count). The highest BCUT2D eigenvalue weighted by molar-refractivity contribution is 7.12. The van der Waals surface area contributed by atoms with Gasteiger partial charge in [0.05, 0.1) is 4.88 Å². The van der Waals surface area contributed by atoms with Crippen molar-refractivity contribution < 1.29 is 9.59 Å². The SMILES string of the molecule is O=C(Nc1ccc2c(c1)CCN2C(=O)c1cccs1)c1ccc(-c2ccccc2)cc1. The molecule has 0 aliphatic carbocycles. The summed E-state index contributed by atoms with van der Waals surface area (Å²) in [7, 11) is 0. The van der Waals surface area contributed by atoms with Crippen LogP contribution in [0.2, 0.25) is 0 Å². The number of benzene rings is 3. The van der Waals surface area contributed by atoms with Gasteiger partial charge in [0.1, 0.15) is 0 Å². The molecule has 5 heteroatoms. The van der Waals surface area contributed by atoms with E-state index in [9.17, 15) is 9.59 Å². The average Bonchev–Trinajstić information content (AvgIpc) is 3.49. The summed E-state index contributed by atoms with van der Waals surface area (Å²) in [5.74, 6) is -0.117. The van der Waals surface area contributed by atoms with Crippen LogP contribution in [0.5, 0.6) is 0 Å². The Morgan fingerprint density at radius 2 is 1.61 bits per heavy atom. The monoisotopic (exact) mass is 424 g/mol. The van der Waals surface area contributed by atoms with Gasteiger partial charge in [0, 0.05) is 23.5 Å². The summed E-state index contributed by atoms with van der Waals surface area (Å²) in [6, 6.07) is 27.2. The molecule has 2 heterocycles. The summed E-state index contributed by atoms with van der Waals surface area (Å²) >= 11 is 1.45. The number of carbonyl (C=O) groups is 2. The van der Waals surface area contributed by atoms with Gasteiger partial charge in [-0.1, -0.05) is 48.5 Å². The summed E-state index contributed by atoms with van der Waals surface area (Å²) in [6.07, 6.45) is 0.780. The van der Waals surface area contributed by atoms with Gasteiger partial charge in [0.15, 0.2) is 0 Å². The van der Waals surface area contributed by atoms with E-state index in [1.807, 2.05) is 95.2 Å². The smallest absolute Gasteiger partial charge is 0.268 e. The highest BCUT2D eigenvalue weighted by atomic mass is 32.1. The van der Waals surface area contributed by atoms with E-state index in [4.69, 9.17) is 0 Å². The van der Waals surface area contributed by atoms with Crippen LogP contribution in [-0.2, 0) is 6.42 Å². The summed E-state index contributed by atoms with van der Waals surface area (Å²) in [4.78, 5) is 28.0. The molecule has 4 nitrogen and oxygen atoms in total. The molecular weight excluding hydrogens is 404 g/mol. The Bertz CT molecular complexity index is 1230. The number of nitrogens with zero attached hydrogens (tertiary/aromatic N) is 1. The Hall–Kier alpha value is -3.70. The molecule has 2 amide bonds. The second kappa shape index (κ2) is 8.20. The molecule has 0 saturated heterocycles. The molecule has 0 fully saturated rings. The molecule has 152 valence electrons. The molecule has 1 aliphatic heterocycles. The lowest BCUT2D eigenvalue weighted by atomic mass is 10.0. The van der Waals surface area contributed by atoms with E-state index in [0.717, 1.165) is 39.4 Å². The van der Waals surface area contributed by atoms with E-state index >= 15 is 0 Å². The Morgan fingerprint density at radius 1 is 0.839 bits per heavy atom. The molecule has 3 aromatic carbocycles. The molecule has 0 radical (unpaired) electrons. The maximum atomic E-state index is 12.7. The minimum absolute atomic E-state index is 0.0315. The second-order valence-electron chi connectivity index (χ2n) is 7.43. The Labute approximate surface area is 184 Å². The number of hydrogen-bond acceptors (Lipinski definition) is 3. The van der Waals surface area contributed by atoms with Crippen molar-refractivity contribution in [3.63, 3.8) is 0 Å². The van der Waals surface area contributed by atoms with Crippen LogP contribution in [0.4, 0.5) is 11.4 Å². The van der Waals surface area contributed by atoms with Gasteiger partial charge in [-0.15, -0.1) is 11.3 Å². The van der Waals surface area contributed by atoms with Crippen LogP contribution < -0.4 is 10.2 Å². The van der Waals surface area contributed by atoms with Gasteiger partial charge in [-0.3, -0.25) is 9.59 Å². The van der Waals surface area contributed by atoms with Gasteiger partial charge >= 0.3 is 0 Å². The highest BCUT2D eigenvalue weighted by Crippen LogP contribution is 2.32. The number of nitrogens with one attached hydrogen (secondary N) is 1. The first-order chi connectivity index (χ1) is 15.2. The molecule has 0 spiro atoms. The van der Waals surface area contributed by atoms with Crippen LogP contribution in [0.3, 0.4) is 0 Å². The third kappa shape index (κ3) is 3.88. The zero-order valence-corrected chi connectivity index (χ0v) is 17.6. The first-order valence-electron chi connectivity index (χ1n) is 10.1. The van der Waals surface area contributed by atoms with Crippen LogP contribution >= 0.6 is 11.3 Å². The zero-order valence-electron chi connectivity index (χ0n) is 16.7. The van der Waals surface area contributed by atoms with Crippen LogP contribution in [0, 0.1) is 0 Å². The first kappa shape index (κ1) is 19.3. The Kier molecular flexibility index (Phi) is 5.10. The van der Waals surface area contributed by atoms with Crippen molar-refractivity contribution in [1.29, 1.82) is 0 Å². The highest BCUT2D eigenvalue weighted by Gasteiger charge is 2.26. The predicted molar refractivity (Wildman–Crippen MR) is 126 cm³/mol. The molecule has 4 aromatic rings. The van der Waals surface area contributed by atoms with Gasteiger partial charge in [-0.2, -0.15) is 0 Å². The maximum absolute atomic E-state index is 12.7. The van der Waals surface area contributed by atoms with E-state index in [-0.39, 0.29) is 11.8 Å². The average molecular weight is 425 g/mol. The molecule has 0 bridgehead atoms. The number of carbonyl (C=O) groups excluding carboxylic acids is 2. The van der Waals surface area contributed by atoms with Gasteiger partial charge in [0.25, 0.3) is 11.8 Å². The number of rotatable bonds is 4. The van der Waals surface area contributed by atoms with Crippen LogP contribution in [-0.4, -0.2) is 18.4 Å². The number of anilines is 2. The van der Waals surface area contributed by atoms with Gasteiger partial charge in [0.2, 0.25) is 0 Å². The van der Waals surface area contributed by atoms with Crippen molar-refractivity contribution in [1.82, 2.24) is 0 Å². The predicted octanol–water partition coefficient (Wildman–Crippen LogP) is 5.87. The fourth-order valence-electron chi connectivity index (χ4n) is 3.87. The van der Waals surface area contributed by atoms with E-state index in [1.54, 1.807) is 0 Å². The third-order valence-corrected chi connectivity index (χ3v) is 6.32. The fourth-order valence-corrected chi connectivity index (χ4v) is 4.54.